The van der Waals surface area contributed by atoms with E-state index in [0.717, 1.165) is 0 Å². The van der Waals surface area contributed by atoms with Crippen molar-refractivity contribution in [2.75, 3.05) is 13.1 Å². The van der Waals surface area contributed by atoms with Gasteiger partial charge < -0.3 is 5.11 Å². The third kappa shape index (κ3) is 4.81. The second-order valence-corrected chi connectivity index (χ2v) is 7.65. The van der Waals surface area contributed by atoms with Gasteiger partial charge >= 0.3 is 5.97 Å². The Morgan fingerprint density at radius 1 is 1.11 bits per heavy atom. The zero-order chi connectivity index (χ0) is 20.7. The molecule has 0 heterocycles. The maximum absolute atomic E-state index is 12.6. The van der Waals surface area contributed by atoms with Crippen molar-refractivity contribution in [3.63, 3.8) is 0 Å². The molecule has 0 aliphatic heterocycles. The van der Waals surface area contributed by atoms with Crippen LogP contribution in [0.3, 0.4) is 0 Å². The number of carbonyl (C=O) groups excluding carboxylic acids is 1. The first-order chi connectivity index (χ1) is 13.3. The van der Waals surface area contributed by atoms with Crippen LogP contribution >= 0.6 is 0 Å². The molecule has 0 saturated carbocycles. The monoisotopic (exact) mass is 403 g/mol. The topological polar surface area (TPSA) is 116 Å². The fourth-order valence-electron chi connectivity index (χ4n) is 2.54. The largest absolute Gasteiger partial charge is 0.478 e. The quantitative estimate of drug-likeness (QED) is 0.518. The highest BCUT2D eigenvalue weighted by Crippen LogP contribution is 2.17. The van der Waals surface area contributed by atoms with E-state index in [-0.39, 0.29) is 16.0 Å². The van der Waals surface area contributed by atoms with E-state index in [1.54, 1.807) is 32.0 Å². The number of carboxylic acids is 1. The fourth-order valence-corrected chi connectivity index (χ4v) is 4.04. The molecule has 0 fully saturated rings. The Morgan fingerprint density at radius 3 is 2.43 bits per heavy atom. The summed E-state index contributed by atoms with van der Waals surface area (Å²) in [5, 5.41) is 12.9. The smallest absolute Gasteiger partial charge is 0.336 e. The van der Waals surface area contributed by atoms with Gasteiger partial charge in [-0.25, -0.2) is 18.6 Å². The Bertz CT molecular complexity index is 998. The minimum absolute atomic E-state index is 0.0176. The highest BCUT2D eigenvalue weighted by atomic mass is 32.2. The van der Waals surface area contributed by atoms with Crippen LogP contribution in [0.4, 0.5) is 0 Å². The standard InChI is InChI=1S/C19H21N3O5S/c1-3-22(4-2)28(26,27)16-10-7-9-14(12-16)18(23)21-20-13-15-8-5-6-11-17(15)19(24)25/h5-13H,3-4H2,1-2H3,(H,21,23)(H,24,25)/b20-13+. The van der Waals surface area contributed by atoms with Crippen molar-refractivity contribution in [1.82, 2.24) is 9.73 Å². The number of nitrogens with zero attached hydrogens (tertiary/aromatic N) is 2. The summed E-state index contributed by atoms with van der Waals surface area (Å²) in [6.07, 6.45) is 1.22. The molecule has 0 aromatic heterocycles. The van der Waals surface area contributed by atoms with Crippen LogP contribution in [-0.2, 0) is 10.0 Å². The van der Waals surface area contributed by atoms with Gasteiger partial charge in [-0.2, -0.15) is 9.41 Å². The van der Waals surface area contributed by atoms with Crippen molar-refractivity contribution >= 4 is 28.1 Å². The first-order valence-electron chi connectivity index (χ1n) is 8.57. The molecule has 0 spiro atoms. The third-order valence-corrected chi connectivity index (χ3v) is 6.05. The predicted octanol–water partition coefficient (Wildman–Crippen LogP) is 2.18. The Morgan fingerprint density at radius 2 is 1.79 bits per heavy atom. The van der Waals surface area contributed by atoms with E-state index in [0.29, 0.717) is 18.7 Å². The molecule has 1 amide bonds. The predicted molar refractivity (Wildman–Crippen MR) is 105 cm³/mol. The number of carbonyl (C=O) groups is 2. The summed E-state index contributed by atoms with van der Waals surface area (Å²) in [5.74, 6) is -1.72. The summed E-state index contributed by atoms with van der Waals surface area (Å²) in [5.41, 5.74) is 2.78. The summed E-state index contributed by atoms with van der Waals surface area (Å²) in [6.45, 7) is 4.12. The van der Waals surface area contributed by atoms with E-state index in [2.05, 4.69) is 10.5 Å². The van der Waals surface area contributed by atoms with Gasteiger partial charge in [0.25, 0.3) is 5.91 Å². The number of hydrazone groups is 1. The van der Waals surface area contributed by atoms with Gasteiger partial charge in [0.15, 0.2) is 0 Å². The lowest BCUT2D eigenvalue weighted by Crippen LogP contribution is -2.30. The van der Waals surface area contributed by atoms with Gasteiger partial charge in [0.2, 0.25) is 10.0 Å². The molecule has 2 rings (SSSR count). The lowest BCUT2D eigenvalue weighted by molar-refractivity contribution is 0.0696. The average Bonchev–Trinajstić information content (AvgIpc) is 2.69. The summed E-state index contributed by atoms with van der Waals surface area (Å²) in [7, 11) is -3.69. The van der Waals surface area contributed by atoms with Crippen LogP contribution in [0.25, 0.3) is 0 Å². The molecule has 2 aromatic carbocycles. The Hall–Kier alpha value is -3.04. The number of nitrogens with one attached hydrogen (secondary N) is 1. The molecular weight excluding hydrogens is 382 g/mol. The molecule has 0 radical (unpaired) electrons. The summed E-state index contributed by atoms with van der Waals surface area (Å²) >= 11 is 0. The minimum atomic E-state index is -3.69. The van der Waals surface area contributed by atoms with E-state index in [1.807, 2.05) is 0 Å². The number of hydrogen-bond donors (Lipinski definition) is 2. The van der Waals surface area contributed by atoms with Crippen molar-refractivity contribution < 1.29 is 23.1 Å². The van der Waals surface area contributed by atoms with Crippen molar-refractivity contribution in [2.45, 2.75) is 18.7 Å². The first kappa shape index (κ1) is 21.3. The second-order valence-electron chi connectivity index (χ2n) is 5.71. The maximum atomic E-state index is 12.6. The number of hydrogen-bond acceptors (Lipinski definition) is 5. The first-order valence-corrected chi connectivity index (χ1v) is 10.0. The Balaban J connectivity index is 2.19. The summed E-state index contributed by atoms with van der Waals surface area (Å²) < 4.78 is 26.5. The van der Waals surface area contributed by atoms with Crippen LogP contribution in [0.5, 0.6) is 0 Å². The summed E-state index contributed by atoms with van der Waals surface area (Å²) in [4.78, 5) is 23.5. The van der Waals surface area contributed by atoms with E-state index in [9.17, 15) is 18.0 Å². The van der Waals surface area contributed by atoms with Crippen molar-refractivity contribution in [3.8, 4) is 0 Å². The van der Waals surface area contributed by atoms with Gasteiger partial charge in [0, 0.05) is 24.2 Å². The number of benzene rings is 2. The summed E-state index contributed by atoms with van der Waals surface area (Å²) in [6, 6.07) is 11.9. The zero-order valence-electron chi connectivity index (χ0n) is 15.5. The number of rotatable bonds is 8. The molecule has 2 N–H and O–H groups in total. The van der Waals surface area contributed by atoms with Gasteiger partial charge in [-0.3, -0.25) is 4.79 Å². The molecule has 9 heteroatoms. The Labute approximate surface area is 163 Å². The number of sulfonamides is 1. The van der Waals surface area contributed by atoms with Crippen molar-refractivity contribution in [2.24, 2.45) is 5.10 Å². The van der Waals surface area contributed by atoms with E-state index in [4.69, 9.17) is 5.11 Å². The molecule has 8 nitrogen and oxygen atoms in total. The molecule has 0 aliphatic carbocycles. The molecule has 2 aromatic rings. The Kier molecular flexibility index (Phi) is 7.02. The highest BCUT2D eigenvalue weighted by molar-refractivity contribution is 7.89. The van der Waals surface area contributed by atoms with Gasteiger partial charge in [-0.05, 0) is 24.3 Å². The van der Waals surface area contributed by atoms with E-state index in [1.165, 1.54) is 40.9 Å². The van der Waals surface area contributed by atoms with Gasteiger partial charge in [0.1, 0.15) is 0 Å². The van der Waals surface area contributed by atoms with Gasteiger partial charge in [0.05, 0.1) is 16.7 Å². The molecule has 0 unspecified atom stereocenters. The van der Waals surface area contributed by atoms with Crippen LogP contribution in [0, 0.1) is 0 Å². The fraction of sp³-hybridized carbons (Fsp3) is 0.211. The van der Waals surface area contributed by atoms with Crippen LogP contribution in [0.1, 0.15) is 40.1 Å². The van der Waals surface area contributed by atoms with Gasteiger partial charge in [-0.1, -0.05) is 38.1 Å². The maximum Gasteiger partial charge on any atom is 0.336 e. The lowest BCUT2D eigenvalue weighted by Gasteiger charge is -2.18. The number of amides is 1. The SMILES string of the molecule is CCN(CC)S(=O)(=O)c1cccc(C(=O)N/N=C/c2ccccc2C(=O)O)c1. The molecular formula is C19H21N3O5S. The molecule has 0 atom stereocenters. The van der Waals surface area contributed by atoms with E-state index < -0.39 is 21.9 Å². The third-order valence-electron chi connectivity index (χ3n) is 4.00. The number of carboxylic acid groups (broad SMARTS) is 1. The van der Waals surface area contributed by atoms with Crippen LogP contribution < -0.4 is 5.43 Å². The molecule has 0 bridgehead atoms. The highest BCUT2D eigenvalue weighted by Gasteiger charge is 2.22. The molecule has 0 aliphatic rings. The van der Waals surface area contributed by atoms with Crippen LogP contribution in [0.15, 0.2) is 58.5 Å². The van der Waals surface area contributed by atoms with Gasteiger partial charge in [-0.15, -0.1) is 0 Å². The molecule has 148 valence electrons. The number of aromatic carboxylic acids is 1. The van der Waals surface area contributed by atoms with Crippen LogP contribution in [0.2, 0.25) is 0 Å². The second kappa shape index (κ2) is 9.25. The zero-order valence-corrected chi connectivity index (χ0v) is 16.3. The lowest BCUT2D eigenvalue weighted by atomic mass is 10.1. The molecule has 28 heavy (non-hydrogen) atoms. The van der Waals surface area contributed by atoms with Crippen molar-refractivity contribution in [1.29, 1.82) is 0 Å². The van der Waals surface area contributed by atoms with E-state index >= 15 is 0 Å². The normalized spacial score (nSPS) is 11.7. The average molecular weight is 403 g/mol. The van der Waals surface area contributed by atoms with Crippen LogP contribution in [-0.4, -0.2) is 49.0 Å². The van der Waals surface area contributed by atoms with Crippen molar-refractivity contribution in [3.05, 3.63) is 65.2 Å². The molecule has 0 saturated heterocycles. The minimum Gasteiger partial charge on any atom is -0.478 e.